The third-order valence-corrected chi connectivity index (χ3v) is 7.38. The molecular formula is C31H36FN3O5. The van der Waals surface area contributed by atoms with E-state index in [1.54, 1.807) is 11.0 Å². The van der Waals surface area contributed by atoms with Crippen LogP contribution < -0.4 is 5.32 Å². The highest BCUT2D eigenvalue weighted by Gasteiger charge is 2.38. The molecule has 9 heteroatoms. The molecule has 212 valence electrons. The van der Waals surface area contributed by atoms with Crippen molar-refractivity contribution in [1.82, 2.24) is 9.80 Å². The first-order valence-electron chi connectivity index (χ1n) is 13.5. The molecule has 0 bridgehead atoms. The number of amides is 2. The molecule has 5 rings (SSSR count). The molecule has 1 fully saturated rings. The molecule has 0 spiro atoms. The fourth-order valence-electron chi connectivity index (χ4n) is 5.39. The number of nitrogens with zero attached hydrogens (tertiary/aromatic N) is 2. The molecule has 2 aromatic rings. The molecule has 3 aliphatic heterocycles. The van der Waals surface area contributed by atoms with Gasteiger partial charge in [0.15, 0.2) is 0 Å². The van der Waals surface area contributed by atoms with Gasteiger partial charge in [0.25, 0.3) is 5.91 Å². The van der Waals surface area contributed by atoms with Gasteiger partial charge >= 0.3 is 6.09 Å². The number of rotatable bonds is 4. The van der Waals surface area contributed by atoms with E-state index in [4.69, 9.17) is 9.47 Å². The monoisotopic (exact) mass is 549 g/mol. The molecule has 3 aliphatic rings. The second kappa shape index (κ2) is 10.4. The Labute approximate surface area is 234 Å². The second-order valence-electron chi connectivity index (χ2n) is 12.0. The van der Waals surface area contributed by atoms with Crippen LogP contribution in [0.2, 0.25) is 0 Å². The fraction of sp³-hybridized carbons (Fsp3) is 0.419. The number of benzene rings is 2. The van der Waals surface area contributed by atoms with Gasteiger partial charge in [0.2, 0.25) is 0 Å². The van der Waals surface area contributed by atoms with E-state index in [1.807, 2.05) is 65.0 Å². The van der Waals surface area contributed by atoms with Gasteiger partial charge in [-0.05, 0) is 70.0 Å². The minimum atomic E-state index is -0.694. The number of aliphatic hydroxyl groups excluding tert-OH is 1. The molecule has 2 N–H and O–H groups in total. The Hall–Kier alpha value is -3.69. The number of carbonyl (C=O) groups excluding carboxylic acids is 2. The Morgan fingerprint density at radius 2 is 1.90 bits per heavy atom. The first-order valence-corrected chi connectivity index (χ1v) is 13.5. The number of carbonyl (C=O) groups is 2. The SMILES string of the molecule is CC(C)(C)OC(=O)N1CCN(Cc2ccc(C3=C/C(=C4\C(=O)Nc5ccc(F)cc54)OC3(C)C)cc2)C(CO)C1. The molecule has 1 saturated heterocycles. The van der Waals surface area contributed by atoms with Gasteiger partial charge in [0.05, 0.1) is 18.2 Å². The molecule has 1 atom stereocenters. The molecule has 8 nitrogen and oxygen atoms in total. The quantitative estimate of drug-likeness (QED) is 0.533. The number of halogens is 1. The molecule has 40 heavy (non-hydrogen) atoms. The van der Waals surface area contributed by atoms with Crippen LogP contribution in [0.1, 0.15) is 51.3 Å². The number of hydrogen-bond donors (Lipinski definition) is 2. The minimum absolute atomic E-state index is 0.0617. The van der Waals surface area contributed by atoms with Gasteiger partial charge in [-0.2, -0.15) is 0 Å². The summed E-state index contributed by atoms with van der Waals surface area (Å²) < 4.78 is 25.7. The Bertz CT molecular complexity index is 1390. The largest absolute Gasteiger partial charge is 0.482 e. The molecule has 0 aliphatic carbocycles. The van der Waals surface area contributed by atoms with Crippen LogP contribution in [-0.4, -0.2) is 70.4 Å². The number of piperazine rings is 1. The summed E-state index contributed by atoms with van der Waals surface area (Å²) in [6.45, 7) is 11.5. The maximum Gasteiger partial charge on any atom is 0.410 e. The molecular weight excluding hydrogens is 513 g/mol. The first-order chi connectivity index (χ1) is 18.8. The summed E-state index contributed by atoms with van der Waals surface area (Å²) in [7, 11) is 0. The van der Waals surface area contributed by atoms with Crippen molar-refractivity contribution in [1.29, 1.82) is 0 Å². The maximum absolute atomic E-state index is 14.0. The lowest BCUT2D eigenvalue weighted by Gasteiger charge is -2.41. The third kappa shape index (κ3) is 5.62. The van der Waals surface area contributed by atoms with Gasteiger partial charge in [-0.1, -0.05) is 24.3 Å². The van der Waals surface area contributed by atoms with E-state index in [0.717, 1.165) is 16.7 Å². The summed E-state index contributed by atoms with van der Waals surface area (Å²) in [5.74, 6) is -0.316. The predicted octanol–water partition coefficient (Wildman–Crippen LogP) is 4.79. The average molecular weight is 550 g/mol. The Kier molecular flexibility index (Phi) is 7.22. The van der Waals surface area contributed by atoms with E-state index in [-0.39, 0.29) is 24.6 Å². The smallest absolute Gasteiger partial charge is 0.410 e. The topological polar surface area (TPSA) is 91.3 Å². The fourth-order valence-corrected chi connectivity index (χ4v) is 5.39. The zero-order valence-electron chi connectivity index (χ0n) is 23.6. The number of allylic oxidation sites excluding steroid dienone is 1. The first kappa shape index (κ1) is 27.9. The van der Waals surface area contributed by atoms with Gasteiger partial charge in [-0.3, -0.25) is 9.69 Å². The Morgan fingerprint density at radius 1 is 1.18 bits per heavy atom. The number of hydrogen-bond acceptors (Lipinski definition) is 6. The van der Waals surface area contributed by atoms with Gasteiger partial charge < -0.3 is 24.8 Å². The van der Waals surface area contributed by atoms with E-state index >= 15 is 0 Å². The summed E-state index contributed by atoms with van der Waals surface area (Å²) in [6, 6.07) is 12.2. The lowest BCUT2D eigenvalue weighted by Crippen LogP contribution is -2.56. The molecule has 3 heterocycles. The van der Waals surface area contributed by atoms with E-state index in [0.29, 0.717) is 48.8 Å². The molecule has 2 amide bonds. The molecule has 1 unspecified atom stereocenters. The summed E-state index contributed by atoms with van der Waals surface area (Å²) in [4.78, 5) is 29.1. The van der Waals surface area contributed by atoms with Crippen LogP contribution >= 0.6 is 0 Å². The van der Waals surface area contributed by atoms with Gasteiger partial charge in [-0.25, -0.2) is 9.18 Å². The normalized spacial score (nSPS) is 22.5. The van der Waals surface area contributed by atoms with Crippen LogP contribution in [0.3, 0.4) is 0 Å². The van der Waals surface area contributed by atoms with E-state index in [2.05, 4.69) is 10.2 Å². The minimum Gasteiger partial charge on any atom is -0.482 e. The van der Waals surface area contributed by atoms with Crippen LogP contribution in [0.5, 0.6) is 0 Å². The number of ether oxygens (including phenoxy) is 2. The second-order valence-corrected chi connectivity index (χ2v) is 12.0. The van der Waals surface area contributed by atoms with Crippen LogP contribution in [0.25, 0.3) is 11.1 Å². The molecule has 2 aromatic carbocycles. The van der Waals surface area contributed by atoms with Crippen molar-refractivity contribution >= 4 is 28.8 Å². The predicted molar refractivity (Wildman–Crippen MR) is 151 cm³/mol. The van der Waals surface area contributed by atoms with Gasteiger partial charge in [0, 0.05) is 43.0 Å². The van der Waals surface area contributed by atoms with Crippen LogP contribution in [0.4, 0.5) is 14.9 Å². The van der Waals surface area contributed by atoms with Crippen LogP contribution in [-0.2, 0) is 20.8 Å². The third-order valence-electron chi connectivity index (χ3n) is 7.38. The molecule has 0 saturated carbocycles. The highest BCUT2D eigenvalue weighted by atomic mass is 19.1. The van der Waals surface area contributed by atoms with Crippen molar-refractivity contribution in [3.8, 4) is 0 Å². The highest BCUT2D eigenvalue weighted by Crippen LogP contribution is 2.44. The summed E-state index contributed by atoms with van der Waals surface area (Å²) in [6.07, 6.45) is 1.50. The van der Waals surface area contributed by atoms with Gasteiger partial charge in [-0.15, -0.1) is 0 Å². The summed E-state index contributed by atoms with van der Waals surface area (Å²) in [5.41, 5.74) is 3.07. The number of nitrogens with one attached hydrogen (secondary N) is 1. The molecule has 0 radical (unpaired) electrons. The lowest BCUT2D eigenvalue weighted by atomic mass is 9.91. The van der Waals surface area contributed by atoms with E-state index in [1.165, 1.54) is 12.1 Å². The Morgan fingerprint density at radius 3 is 2.58 bits per heavy atom. The highest BCUT2D eigenvalue weighted by molar-refractivity contribution is 6.32. The summed E-state index contributed by atoms with van der Waals surface area (Å²) in [5, 5.41) is 12.8. The number of anilines is 1. The zero-order valence-corrected chi connectivity index (χ0v) is 23.6. The van der Waals surface area contributed by atoms with E-state index in [9.17, 15) is 19.1 Å². The zero-order chi connectivity index (χ0) is 28.8. The van der Waals surface area contributed by atoms with Crippen molar-refractivity contribution in [2.45, 2.75) is 58.4 Å². The standard InChI is InChI=1S/C31H36FN3O5/c1-30(2,3)40-29(38)35-13-12-34(22(17-35)18-36)16-19-6-8-20(9-7-19)24-15-26(39-31(24,4)5)27-23-14-21(32)10-11-25(23)33-28(27)37/h6-11,14-15,22,36H,12-13,16-18H2,1-5H3,(H,33,37)/b27-26+. The molecule has 0 aromatic heterocycles. The van der Waals surface area contributed by atoms with Crippen LogP contribution in [0.15, 0.2) is 54.3 Å². The van der Waals surface area contributed by atoms with E-state index < -0.39 is 17.0 Å². The van der Waals surface area contributed by atoms with Crippen LogP contribution in [0, 0.1) is 5.82 Å². The van der Waals surface area contributed by atoms with Crippen molar-refractivity contribution in [2.75, 3.05) is 31.6 Å². The summed E-state index contributed by atoms with van der Waals surface area (Å²) >= 11 is 0. The Balaban J connectivity index is 1.32. The van der Waals surface area contributed by atoms with Gasteiger partial charge in [0.1, 0.15) is 22.8 Å². The number of aliphatic hydroxyl groups is 1. The van der Waals surface area contributed by atoms with Crippen molar-refractivity contribution in [3.63, 3.8) is 0 Å². The average Bonchev–Trinajstić information content (AvgIpc) is 3.37. The lowest BCUT2D eigenvalue weighted by molar-refractivity contribution is -0.111. The number of fused-ring (bicyclic) bond motifs is 1. The van der Waals surface area contributed by atoms with Crippen molar-refractivity contribution in [2.24, 2.45) is 0 Å². The van der Waals surface area contributed by atoms with Crippen molar-refractivity contribution < 1.29 is 28.6 Å². The van der Waals surface area contributed by atoms with Crippen molar-refractivity contribution in [3.05, 3.63) is 76.8 Å². The maximum atomic E-state index is 14.0.